The molecule has 5 N–H and O–H groups in total. The Labute approximate surface area is 185 Å². The molecule has 1 saturated heterocycles. The van der Waals surface area contributed by atoms with E-state index in [1.54, 1.807) is 24.3 Å². The minimum atomic E-state index is -0.184. The van der Waals surface area contributed by atoms with Gasteiger partial charge in [0.2, 0.25) is 5.91 Å². The monoisotopic (exact) mass is 445 g/mol. The van der Waals surface area contributed by atoms with Gasteiger partial charge in [0.05, 0.1) is 0 Å². The third-order valence-electron chi connectivity index (χ3n) is 5.65. The molecule has 2 aliphatic rings. The first-order chi connectivity index (χ1) is 13.0. The summed E-state index contributed by atoms with van der Waals surface area (Å²) >= 11 is 0. The van der Waals surface area contributed by atoms with E-state index in [1.165, 1.54) is 0 Å². The molecular weight excluding hydrogens is 413 g/mol. The topological polar surface area (TPSA) is 99.5 Å². The fraction of sp³-hybridized carbons (Fsp3) is 0.600. The maximum Gasteiger partial charge on any atom is 0.319 e. The second-order valence-electron chi connectivity index (χ2n) is 7.86. The highest BCUT2D eigenvalue weighted by molar-refractivity contribution is 5.92. The number of halogens is 2. The van der Waals surface area contributed by atoms with Crippen molar-refractivity contribution >= 4 is 48.1 Å². The smallest absolute Gasteiger partial charge is 0.319 e. The van der Waals surface area contributed by atoms with E-state index in [0.717, 1.165) is 50.9 Å². The van der Waals surface area contributed by atoms with Gasteiger partial charge in [-0.2, -0.15) is 0 Å². The van der Waals surface area contributed by atoms with Gasteiger partial charge in [-0.3, -0.25) is 4.79 Å². The lowest BCUT2D eigenvalue weighted by atomic mass is 10.00. The minimum absolute atomic E-state index is 0. The Balaban J connectivity index is 0.00000210. The standard InChI is InChI=1S/C20H31N5O2.2ClH/c1-25-11-9-17(10-12-25)24-20(27)23-16-7-5-15(6-8-16)22-19(26)13-14-3-2-4-18(14)21;;/h5-8,14,17-18H,2-4,9-13,21H2,1H3,(H,22,26)(H2,23,24,27);2*1H/t14-,18+;;/m0../s1. The molecule has 0 spiro atoms. The number of likely N-dealkylation sites (tertiary alicyclic amines) is 1. The molecular formula is C20H33Cl2N5O2. The second kappa shape index (κ2) is 12.2. The van der Waals surface area contributed by atoms with Crippen LogP contribution in [-0.4, -0.2) is 49.1 Å². The summed E-state index contributed by atoms with van der Waals surface area (Å²) in [4.78, 5) is 26.6. The van der Waals surface area contributed by atoms with Crippen molar-refractivity contribution in [2.75, 3.05) is 30.8 Å². The third-order valence-corrected chi connectivity index (χ3v) is 5.65. The van der Waals surface area contributed by atoms with Crippen LogP contribution in [0, 0.1) is 5.92 Å². The van der Waals surface area contributed by atoms with Crippen molar-refractivity contribution in [1.82, 2.24) is 10.2 Å². The zero-order valence-corrected chi connectivity index (χ0v) is 18.5. The molecule has 1 aliphatic heterocycles. The Morgan fingerprint density at radius 1 is 1.00 bits per heavy atom. The lowest BCUT2D eigenvalue weighted by molar-refractivity contribution is -0.117. The molecule has 3 rings (SSSR count). The van der Waals surface area contributed by atoms with Gasteiger partial charge in [0.1, 0.15) is 0 Å². The molecule has 9 heteroatoms. The van der Waals surface area contributed by atoms with E-state index in [4.69, 9.17) is 5.73 Å². The zero-order valence-electron chi connectivity index (χ0n) is 16.9. The number of urea groups is 1. The van der Waals surface area contributed by atoms with Crippen LogP contribution in [0.15, 0.2) is 24.3 Å². The lowest BCUT2D eigenvalue weighted by Crippen LogP contribution is -2.44. The van der Waals surface area contributed by atoms with Crippen LogP contribution >= 0.6 is 24.8 Å². The van der Waals surface area contributed by atoms with Crippen LogP contribution in [0.4, 0.5) is 16.2 Å². The number of nitrogens with one attached hydrogen (secondary N) is 3. The van der Waals surface area contributed by atoms with Gasteiger partial charge in [0.25, 0.3) is 0 Å². The number of rotatable bonds is 5. The van der Waals surface area contributed by atoms with Crippen molar-refractivity contribution in [3.63, 3.8) is 0 Å². The van der Waals surface area contributed by atoms with Crippen molar-refractivity contribution in [2.24, 2.45) is 11.7 Å². The number of piperidine rings is 1. The summed E-state index contributed by atoms with van der Waals surface area (Å²) in [6.45, 7) is 2.01. The largest absolute Gasteiger partial charge is 0.335 e. The number of carbonyl (C=O) groups excluding carboxylic acids is 2. The summed E-state index contributed by atoms with van der Waals surface area (Å²) in [5.74, 6) is 0.285. The van der Waals surface area contributed by atoms with Crippen molar-refractivity contribution in [3.8, 4) is 0 Å². The first-order valence-corrected chi connectivity index (χ1v) is 9.91. The van der Waals surface area contributed by atoms with Gasteiger partial charge in [-0.15, -0.1) is 24.8 Å². The summed E-state index contributed by atoms with van der Waals surface area (Å²) in [5.41, 5.74) is 7.47. The van der Waals surface area contributed by atoms with E-state index in [-0.39, 0.29) is 54.8 Å². The van der Waals surface area contributed by atoms with Gasteiger partial charge in [-0.1, -0.05) is 6.42 Å². The molecule has 7 nitrogen and oxygen atoms in total. The molecule has 2 atom stereocenters. The first kappa shape index (κ1) is 25.5. The average Bonchev–Trinajstić information content (AvgIpc) is 3.03. The van der Waals surface area contributed by atoms with Crippen LogP contribution in [0.2, 0.25) is 0 Å². The molecule has 0 aromatic heterocycles. The summed E-state index contributed by atoms with van der Waals surface area (Å²) < 4.78 is 0. The van der Waals surface area contributed by atoms with Gasteiger partial charge < -0.3 is 26.6 Å². The maximum atomic E-state index is 12.2. The van der Waals surface area contributed by atoms with Crippen LogP contribution < -0.4 is 21.7 Å². The molecule has 1 heterocycles. The van der Waals surface area contributed by atoms with Crippen molar-refractivity contribution in [1.29, 1.82) is 0 Å². The fourth-order valence-electron chi connectivity index (χ4n) is 3.91. The minimum Gasteiger partial charge on any atom is -0.335 e. The number of carbonyl (C=O) groups is 2. The summed E-state index contributed by atoms with van der Waals surface area (Å²) in [6.07, 6.45) is 5.57. The molecule has 1 saturated carbocycles. The van der Waals surface area contributed by atoms with Crippen LogP contribution in [0.5, 0.6) is 0 Å². The van der Waals surface area contributed by atoms with E-state index in [2.05, 4.69) is 27.9 Å². The number of hydrogen-bond acceptors (Lipinski definition) is 4. The van der Waals surface area contributed by atoms with Crippen molar-refractivity contribution < 1.29 is 9.59 Å². The summed E-state index contributed by atoms with van der Waals surface area (Å²) in [5, 5.41) is 8.79. The Bertz CT molecular complexity index is 651. The molecule has 0 unspecified atom stereocenters. The Morgan fingerprint density at radius 2 is 1.59 bits per heavy atom. The van der Waals surface area contributed by atoms with Crippen molar-refractivity contribution in [2.45, 2.75) is 50.6 Å². The number of anilines is 2. The molecule has 164 valence electrons. The predicted molar refractivity (Wildman–Crippen MR) is 122 cm³/mol. The van der Waals surface area contributed by atoms with Crippen LogP contribution in [-0.2, 0) is 4.79 Å². The SMILES string of the molecule is CN1CCC(NC(=O)Nc2ccc(NC(=O)C[C@@H]3CCC[C@H]3N)cc2)CC1.Cl.Cl. The number of amides is 3. The molecule has 1 aromatic rings. The second-order valence-corrected chi connectivity index (χ2v) is 7.86. The van der Waals surface area contributed by atoms with E-state index >= 15 is 0 Å². The highest BCUT2D eigenvalue weighted by atomic mass is 35.5. The van der Waals surface area contributed by atoms with E-state index in [9.17, 15) is 9.59 Å². The summed E-state index contributed by atoms with van der Waals surface area (Å²) in [6, 6.07) is 7.38. The molecule has 2 fully saturated rings. The number of nitrogens with two attached hydrogens (primary N) is 1. The normalized spacial score (nSPS) is 22.1. The predicted octanol–water partition coefficient (Wildman–Crippen LogP) is 3.20. The Hall–Kier alpha value is -1.54. The number of hydrogen-bond donors (Lipinski definition) is 4. The Morgan fingerprint density at radius 3 is 2.14 bits per heavy atom. The average molecular weight is 446 g/mol. The zero-order chi connectivity index (χ0) is 19.2. The van der Waals surface area contributed by atoms with Crippen LogP contribution in [0.3, 0.4) is 0 Å². The van der Waals surface area contributed by atoms with Gasteiger partial charge >= 0.3 is 6.03 Å². The molecule has 3 amide bonds. The van der Waals surface area contributed by atoms with E-state index in [1.807, 2.05) is 0 Å². The lowest BCUT2D eigenvalue weighted by Gasteiger charge is -2.29. The Kier molecular flexibility index (Phi) is 10.7. The van der Waals surface area contributed by atoms with Gasteiger partial charge in [-0.25, -0.2) is 4.79 Å². The van der Waals surface area contributed by atoms with Crippen molar-refractivity contribution in [3.05, 3.63) is 24.3 Å². The quantitative estimate of drug-likeness (QED) is 0.558. The molecule has 0 bridgehead atoms. The van der Waals surface area contributed by atoms with Crippen LogP contribution in [0.1, 0.15) is 38.5 Å². The van der Waals surface area contributed by atoms with E-state index < -0.39 is 0 Å². The van der Waals surface area contributed by atoms with E-state index in [0.29, 0.717) is 12.1 Å². The molecule has 1 aromatic carbocycles. The first-order valence-electron chi connectivity index (χ1n) is 9.91. The highest BCUT2D eigenvalue weighted by Gasteiger charge is 2.26. The number of nitrogens with zero attached hydrogens (tertiary/aromatic N) is 1. The maximum absolute atomic E-state index is 12.2. The fourth-order valence-corrected chi connectivity index (χ4v) is 3.91. The van der Waals surface area contributed by atoms with Crippen LogP contribution in [0.25, 0.3) is 0 Å². The van der Waals surface area contributed by atoms with Gasteiger partial charge in [0.15, 0.2) is 0 Å². The summed E-state index contributed by atoms with van der Waals surface area (Å²) in [7, 11) is 2.10. The molecule has 29 heavy (non-hydrogen) atoms. The molecule has 0 radical (unpaired) electrons. The van der Waals surface area contributed by atoms with Gasteiger partial charge in [-0.05, 0) is 76.0 Å². The molecule has 1 aliphatic carbocycles. The highest BCUT2D eigenvalue weighted by Crippen LogP contribution is 2.27. The van der Waals surface area contributed by atoms with Gasteiger partial charge in [0, 0.05) is 29.9 Å². The number of benzene rings is 1. The third kappa shape index (κ3) is 8.01.